The maximum atomic E-state index is 12.9. The molecule has 0 saturated carbocycles. The number of fused-ring (bicyclic) bond motifs is 1. The normalized spacial score (nSPS) is 14.2. The van der Waals surface area contributed by atoms with Gasteiger partial charge in [-0.3, -0.25) is 4.79 Å². The predicted octanol–water partition coefficient (Wildman–Crippen LogP) is 4.21. The molecule has 4 N–H and O–H groups in total. The quantitative estimate of drug-likeness (QED) is 0.235. The van der Waals surface area contributed by atoms with Crippen molar-refractivity contribution in [2.24, 2.45) is 0 Å². The van der Waals surface area contributed by atoms with Gasteiger partial charge in [0.15, 0.2) is 0 Å². The lowest BCUT2D eigenvalue weighted by atomic mass is 10.1. The van der Waals surface area contributed by atoms with E-state index in [0.29, 0.717) is 10.8 Å². The molecule has 0 atom stereocenters. The largest absolute Gasteiger partial charge is 0.494 e. The second-order valence-electron chi connectivity index (χ2n) is 9.30. The fourth-order valence-electron chi connectivity index (χ4n) is 4.54. The number of nitrogens with one attached hydrogen (secondary N) is 3. The molecule has 4 aromatic rings. The number of amides is 2. The number of rotatable bonds is 8. The van der Waals surface area contributed by atoms with E-state index in [4.69, 9.17) is 11.6 Å². The number of anilines is 2. The number of benzene rings is 1. The van der Waals surface area contributed by atoms with Gasteiger partial charge in [-0.25, -0.2) is 27.5 Å². The van der Waals surface area contributed by atoms with Crippen LogP contribution in [0.3, 0.4) is 0 Å². The molecule has 1 saturated heterocycles. The summed E-state index contributed by atoms with van der Waals surface area (Å²) in [6.45, 7) is 3.98. The Morgan fingerprint density at radius 2 is 1.82 bits per heavy atom. The van der Waals surface area contributed by atoms with Crippen molar-refractivity contribution < 1.29 is 18.3 Å². The van der Waals surface area contributed by atoms with E-state index in [2.05, 4.69) is 20.5 Å². The number of thiophene rings is 1. The third-order valence-corrected chi connectivity index (χ3v) is 9.54. The van der Waals surface area contributed by atoms with E-state index < -0.39 is 21.6 Å². The molecule has 0 unspecified atom stereocenters. The van der Waals surface area contributed by atoms with Crippen molar-refractivity contribution in [3.05, 3.63) is 69.4 Å². The van der Waals surface area contributed by atoms with Gasteiger partial charge in [0.25, 0.3) is 15.6 Å². The highest BCUT2D eigenvalue weighted by Crippen LogP contribution is 2.28. The molecule has 1 aromatic carbocycles. The van der Waals surface area contributed by atoms with Crippen molar-refractivity contribution in [3.63, 3.8) is 0 Å². The molecule has 14 heteroatoms. The Morgan fingerprint density at radius 1 is 1.05 bits per heavy atom. The molecule has 40 heavy (non-hydrogen) atoms. The average molecular weight is 603 g/mol. The van der Waals surface area contributed by atoms with Gasteiger partial charge in [-0.15, -0.1) is 11.3 Å². The van der Waals surface area contributed by atoms with Crippen molar-refractivity contribution in [1.82, 2.24) is 19.2 Å². The van der Waals surface area contributed by atoms with Crippen LogP contribution in [-0.2, 0) is 10.0 Å². The summed E-state index contributed by atoms with van der Waals surface area (Å²) in [6.07, 6.45) is 5.01. The zero-order valence-electron chi connectivity index (χ0n) is 21.3. The molecule has 11 nitrogen and oxygen atoms in total. The van der Waals surface area contributed by atoms with E-state index in [9.17, 15) is 23.1 Å². The minimum atomic E-state index is -4.09. The highest BCUT2D eigenvalue weighted by Gasteiger charge is 2.20. The van der Waals surface area contributed by atoms with Crippen molar-refractivity contribution in [2.45, 2.75) is 23.5 Å². The van der Waals surface area contributed by atoms with Crippen molar-refractivity contribution >= 4 is 61.1 Å². The number of halogens is 1. The number of sulfonamides is 1. The summed E-state index contributed by atoms with van der Waals surface area (Å²) in [5.74, 6) is -0.144. The van der Waals surface area contributed by atoms with Crippen LogP contribution in [0.2, 0.25) is 4.34 Å². The summed E-state index contributed by atoms with van der Waals surface area (Å²) in [7, 11) is -4.09. The molecule has 3 aromatic heterocycles. The third-order valence-electron chi connectivity index (χ3n) is 6.48. The van der Waals surface area contributed by atoms with E-state index in [-0.39, 0.29) is 25.9 Å². The van der Waals surface area contributed by atoms with Gasteiger partial charge in [0.2, 0.25) is 5.88 Å². The number of likely N-dealkylation sites (tertiary alicyclic amines) is 1. The fraction of sp³-hybridized carbons (Fsp3) is 0.269. The number of pyridine rings is 2. The van der Waals surface area contributed by atoms with Crippen LogP contribution in [0.5, 0.6) is 5.88 Å². The summed E-state index contributed by atoms with van der Waals surface area (Å²) < 4.78 is 27.7. The first-order valence-electron chi connectivity index (χ1n) is 12.6. The Hall–Kier alpha value is -3.65. The Balaban J connectivity index is 1.26. The zero-order valence-corrected chi connectivity index (χ0v) is 23.7. The highest BCUT2D eigenvalue weighted by atomic mass is 35.5. The van der Waals surface area contributed by atoms with E-state index in [1.165, 1.54) is 55.8 Å². The molecule has 210 valence electrons. The number of nitrogens with zero attached hydrogens (tertiary/aromatic N) is 3. The van der Waals surface area contributed by atoms with Crippen molar-refractivity contribution in [3.8, 4) is 11.7 Å². The molecule has 0 aliphatic carbocycles. The van der Waals surface area contributed by atoms with Crippen LogP contribution in [0.15, 0.2) is 63.7 Å². The molecule has 0 bridgehead atoms. The SMILES string of the molecule is O=C(Nc1ccc(-n2c(O)c3ccc(NCCN4CCCCC4)cc3cc2=O)nc1)NS(=O)(=O)c1ccc(Cl)s1. The van der Waals surface area contributed by atoms with E-state index >= 15 is 0 Å². The summed E-state index contributed by atoms with van der Waals surface area (Å²) in [6, 6.07) is 11.4. The molecular weight excluding hydrogens is 576 g/mol. The topological polar surface area (TPSA) is 146 Å². The van der Waals surface area contributed by atoms with Gasteiger partial charge in [-0.1, -0.05) is 18.0 Å². The Kier molecular flexibility index (Phi) is 8.26. The zero-order chi connectivity index (χ0) is 28.3. The van der Waals surface area contributed by atoms with Gasteiger partial charge in [0.05, 0.1) is 16.2 Å². The predicted molar refractivity (Wildman–Crippen MR) is 156 cm³/mol. The van der Waals surface area contributed by atoms with Gasteiger partial charge in [0, 0.05) is 30.2 Å². The summed E-state index contributed by atoms with van der Waals surface area (Å²) in [5, 5.41) is 17.7. The fourth-order valence-corrected chi connectivity index (χ4v) is 6.93. The van der Waals surface area contributed by atoms with E-state index in [0.717, 1.165) is 47.8 Å². The minimum Gasteiger partial charge on any atom is -0.494 e. The number of piperidine rings is 1. The third kappa shape index (κ3) is 6.39. The van der Waals surface area contributed by atoms with Crippen LogP contribution in [0.25, 0.3) is 16.6 Å². The molecule has 0 radical (unpaired) electrons. The van der Waals surface area contributed by atoms with Crippen LogP contribution >= 0.6 is 22.9 Å². The van der Waals surface area contributed by atoms with E-state index in [1.54, 1.807) is 6.07 Å². The van der Waals surface area contributed by atoms with Gasteiger partial charge >= 0.3 is 6.03 Å². The Bertz CT molecular complexity index is 1700. The number of urea groups is 1. The Morgan fingerprint density at radius 3 is 2.52 bits per heavy atom. The van der Waals surface area contributed by atoms with Gasteiger partial charge < -0.3 is 20.6 Å². The lowest BCUT2D eigenvalue weighted by Crippen LogP contribution is -2.34. The maximum Gasteiger partial charge on any atom is 0.333 e. The van der Waals surface area contributed by atoms with Crippen LogP contribution in [-0.4, -0.2) is 60.2 Å². The second kappa shape index (κ2) is 11.8. The van der Waals surface area contributed by atoms with Gasteiger partial charge in [0.1, 0.15) is 10.0 Å². The van der Waals surface area contributed by atoms with Crippen LogP contribution in [0.4, 0.5) is 16.2 Å². The van der Waals surface area contributed by atoms with Crippen LogP contribution in [0, 0.1) is 0 Å². The van der Waals surface area contributed by atoms with Gasteiger partial charge in [-0.05, 0) is 73.8 Å². The van der Waals surface area contributed by atoms with Crippen LogP contribution < -0.4 is 20.9 Å². The average Bonchev–Trinajstić information content (AvgIpc) is 3.37. The van der Waals surface area contributed by atoms with E-state index in [1.807, 2.05) is 16.9 Å². The second-order valence-corrected chi connectivity index (χ2v) is 12.9. The first-order chi connectivity index (χ1) is 19.2. The molecule has 1 aliphatic rings. The standard InChI is InChI=1S/C26H27ClN6O5S2/c27-21-7-9-24(39-21)40(37,38)31-26(36)30-19-5-8-22(29-16-19)33-23(34)15-17-14-18(4-6-20(17)25(33)35)28-10-13-32-11-2-1-3-12-32/h4-9,14-16,28,35H,1-3,10-13H2,(H2,30,31,36). The minimum absolute atomic E-state index is 0.104. The first-order valence-corrected chi connectivity index (χ1v) is 15.3. The highest BCUT2D eigenvalue weighted by molar-refractivity contribution is 7.92. The molecule has 0 spiro atoms. The van der Waals surface area contributed by atoms with Crippen LogP contribution in [0.1, 0.15) is 19.3 Å². The number of aromatic hydroxyl groups is 1. The lowest BCUT2D eigenvalue weighted by molar-refractivity contribution is 0.237. The number of carbonyl (C=O) groups is 1. The summed E-state index contributed by atoms with van der Waals surface area (Å²) in [5.41, 5.74) is 0.549. The number of aromatic nitrogens is 2. The smallest absolute Gasteiger partial charge is 0.333 e. The molecule has 2 amide bonds. The Labute approximate surface area is 239 Å². The lowest BCUT2D eigenvalue weighted by Gasteiger charge is -2.26. The monoisotopic (exact) mass is 602 g/mol. The number of hydrogen-bond acceptors (Lipinski definition) is 9. The molecular formula is C26H27ClN6O5S2. The summed E-state index contributed by atoms with van der Waals surface area (Å²) in [4.78, 5) is 31.8. The summed E-state index contributed by atoms with van der Waals surface area (Å²) >= 11 is 6.59. The number of carbonyl (C=O) groups excluding carboxylic acids is 1. The molecule has 4 heterocycles. The van der Waals surface area contributed by atoms with Crippen molar-refractivity contribution in [2.75, 3.05) is 36.8 Å². The molecule has 5 rings (SSSR count). The number of hydrogen-bond donors (Lipinski definition) is 4. The maximum absolute atomic E-state index is 12.9. The molecule has 1 aliphatic heterocycles. The van der Waals surface area contributed by atoms with Crippen molar-refractivity contribution in [1.29, 1.82) is 0 Å². The molecule has 1 fully saturated rings. The van der Waals surface area contributed by atoms with Gasteiger partial charge in [-0.2, -0.15) is 0 Å². The first kappa shape index (κ1) is 27.9.